The fourth-order valence-corrected chi connectivity index (χ4v) is 2.55. The van der Waals surface area contributed by atoms with Crippen LogP contribution in [0.25, 0.3) is 0 Å². The van der Waals surface area contributed by atoms with Crippen LogP contribution in [-0.2, 0) is 11.3 Å². The van der Waals surface area contributed by atoms with Crippen LogP contribution in [0.5, 0.6) is 0 Å². The third-order valence-corrected chi connectivity index (χ3v) is 3.34. The molecule has 4 heteroatoms. The zero-order chi connectivity index (χ0) is 12.3. The second kappa shape index (κ2) is 5.80. The minimum absolute atomic E-state index is 0.0815. The van der Waals surface area contributed by atoms with Gasteiger partial charge in [-0.1, -0.05) is 18.0 Å². The van der Waals surface area contributed by atoms with E-state index < -0.39 is 0 Å². The van der Waals surface area contributed by atoms with Gasteiger partial charge in [-0.3, -0.25) is 0 Å². The molecule has 1 aromatic carbocycles. The molecule has 1 atom stereocenters. The Balaban J connectivity index is 2.31. The molecule has 0 bridgehead atoms. The van der Waals surface area contributed by atoms with Gasteiger partial charge in [0.1, 0.15) is 5.82 Å². The van der Waals surface area contributed by atoms with E-state index in [4.69, 9.17) is 16.3 Å². The van der Waals surface area contributed by atoms with Gasteiger partial charge in [-0.25, -0.2) is 4.39 Å². The third kappa shape index (κ3) is 2.97. The Morgan fingerprint density at radius 2 is 2.29 bits per heavy atom. The van der Waals surface area contributed by atoms with Crippen LogP contribution in [0.1, 0.15) is 36.4 Å². The highest BCUT2D eigenvalue weighted by Crippen LogP contribution is 2.29. The number of nitrogens with one attached hydrogen (secondary N) is 1. The van der Waals surface area contributed by atoms with Crippen LogP contribution in [0, 0.1) is 5.82 Å². The molecule has 2 rings (SSSR count). The fourth-order valence-electron chi connectivity index (χ4n) is 2.30. The van der Waals surface area contributed by atoms with Crippen LogP contribution < -0.4 is 5.32 Å². The van der Waals surface area contributed by atoms with E-state index in [9.17, 15) is 4.39 Å². The van der Waals surface area contributed by atoms with Gasteiger partial charge in [0, 0.05) is 29.3 Å². The Morgan fingerprint density at radius 1 is 1.47 bits per heavy atom. The monoisotopic (exact) mass is 257 g/mol. The minimum atomic E-state index is -0.185. The molecule has 0 aliphatic carbocycles. The first-order valence-electron chi connectivity index (χ1n) is 5.92. The van der Waals surface area contributed by atoms with Crippen LogP contribution in [-0.4, -0.2) is 13.7 Å². The number of hydrogen-bond donors (Lipinski definition) is 1. The molecule has 1 aliphatic rings. The molecule has 0 aromatic heterocycles. The van der Waals surface area contributed by atoms with E-state index in [1.165, 1.54) is 0 Å². The van der Waals surface area contributed by atoms with Crippen molar-refractivity contribution in [3.05, 3.63) is 34.1 Å². The van der Waals surface area contributed by atoms with Crippen molar-refractivity contribution in [2.24, 2.45) is 0 Å². The van der Waals surface area contributed by atoms with Crippen molar-refractivity contribution in [3.8, 4) is 0 Å². The van der Waals surface area contributed by atoms with Gasteiger partial charge in [-0.2, -0.15) is 0 Å². The normalized spacial score (nSPS) is 20.5. The van der Waals surface area contributed by atoms with Crippen molar-refractivity contribution in [2.45, 2.75) is 31.9 Å². The molecule has 1 unspecified atom stereocenters. The predicted molar refractivity (Wildman–Crippen MR) is 66.7 cm³/mol. The lowest BCUT2D eigenvalue weighted by Crippen LogP contribution is -2.27. The summed E-state index contributed by atoms with van der Waals surface area (Å²) in [6.07, 6.45) is 3.25. The fraction of sp³-hybridized carbons (Fsp3) is 0.538. The molecule has 1 fully saturated rings. The van der Waals surface area contributed by atoms with E-state index in [0.717, 1.165) is 25.8 Å². The first-order chi connectivity index (χ1) is 8.22. The molecule has 1 aromatic rings. The molecule has 0 spiro atoms. The molecule has 0 radical (unpaired) electrons. The lowest BCUT2D eigenvalue weighted by Gasteiger charge is -2.25. The Hall–Kier alpha value is -0.640. The van der Waals surface area contributed by atoms with Crippen molar-refractivity contribution in [3.63, 3.8) is 0 Å². The predicted octanol–water partition coefficient (Wildman–Crippen LogP) is 3.44. The minimum Gasteiger partial charge on any atom is -0.380 e. The molecule has 1 saturated heterocycles. The average molecular weight is 258 g/mol. The highest BCUT2D eigenvalue weighted by atomic mass is 35.5. The zero-order valence-corrected chi connectivity index (χ0v) is 10.7. The van der Waals surface area contributed by atoms with Crippen LogP contribution in [0.4, 0.5) is 4.39 Å². The van der Waals surface area contributed by atoms with Gasteiger partial charge in [-0.15, -0.1) is 0 Å². The Morgan fingerprint density at radius 3 is 2.94 bits per heavy atom. The maximum atomic E-state index is 14.2. The second-order valence-corrected chi connectivity index (χ2v) is 4.84. The van der Waals surface area contributed by atoms with Gasteiger partial charge >= 0.3 is 0 Å². The van der Waals surface area contributed by atoms with Gasteiger partial charge in [-0.05, 0) is 31.5 Å². The van der Waals surface area contributed by atoms with Crippen molar-refractivity contribution >= 4 is 11.6 Å². The topological polar surface area (TPSA) is 21.3 Å². The molecule has 0 amide bonds. The molecule has 1 aliphatic heterocycles. The summed E-state index contributed by atoms with van der Waals surface area (Å²) in [7, 11) is 1.55. The van der Waals surface area contributed by atoms with Crippen molar-refractivity contribution in [1.29, 1.82) is 0 Å². The third-order valence-electron chi connectivity index (χ3n) is 3.13. The molecule has 0 saturated carbocycles. The molecule has 17 heavy (non-hydrogen) atoms. The van der Waals surface area contributed by atoms with E-state index in [-0.39, 0.29) is 18.5 Å². The molecule has 94 valence electrons. The van der Waals surface area contributed by atoms with E-state index in [1.807, 2.05) is 0 Å². The van der Waals surface area contributed by atoms with Gasteiger partial charge < -0.3 is 10.1 Å². The highest BCUT2D eigenvalue weighted by molar-refractivity contribution is 6.30. The first kappa shape index (κ1) is 12.8. The number of rotatable bonds is 3. The number of methoxy groups -OCH3 is 1. The summed E-state index contributed by atoms with van der Waals surface area (Å²) >= 11 is 6.03. The summed E-state index contributed by atoms with van der Waals surface area (Å²) in [5, 5.41) is 3.90. The van der Waals surface area contributed by atoms with Crippen molar-refractivity contribution in [2.75, 3.05) is 13.7 Å². The largest absolute Gasteiger partial charge is 0.380 e. The standard InChI is InChI=1S/C13H17ClFNO/c1-17-8-9-6-10(14)7-11(13(9)15)12-4-2-3-5-16-12/h6-7,12,16H,2-5,8H2,1H3. The van der Waals surface area contributed by atoms with E-state index in [2.05, 4.69) is 5.32 Å². The average Bonchev–Trinajstić information content (AvgIpc) is 2.35. The zero-order valence-electron chi connectivity index (χ0n) is 9.93. The van der Waals surface area contributed by atoms with Crippen molar-refractivity contribution < 1.29 is 9.13 Å². The number of hydrogen-bond acceptors (Lipinski definition) is 2. The summed E-state index contributed by atoms with van der Waals surface area (Å²) in [6.45, 7) is 1.20. The van der Waals surface area contributed by atoms with Gasteiger partial charge in [0.05, 0.1) is 6.61 Å². The number of piperidine rings is 1. The first-order valence-corrected chi connectivity index (χ1v) is 6.30. The molecular weight excluding hydrogens is 241 g/mol. The van der Waals surface area contributed by atoms with Crippen LogP contribution >= 0.6 is 11.6 Å². The number of ether oxygens (including phenoxy) is 1. The Bertz CT molecular complexity index is 391. The second-order valence-electron chi connectivity index (χ2n) is 4.40. The van der Waals surface area contributed by atoms with Crippen LogP contribution in [0.2, 0.25) is 5.02 Å². The molecular formula is C13H17ClFNO. The van der Waals surface area contributed by atoms with Crippen LogP contribution in [0.3, 0.4) is 0 Å². The lowest BCUT2D eigenvalue weighted by atomic mass is 9.95. The summed E-state index contributed by atoms with van der Waals surface area (Å²) in [5.41, 5.74) is 1.20. The summed E-state index contributed by atoms with van der Waals surface area (Å²) in [6, 6.07) is 3.43. The van der Waals surface area contributed by atoms with E-state index in [1.54, 1.807) is 19.2 Å². The molecule has 1 heterocycles. The number of benzene rings is 1. The SMILES string of the molecule is COCc1cc(Cl)cc(C2CCCCN2)c1F. The quantitative estimate of drug-likeness (QED) is 0.896. The van der Waals surface area contributed by atoms with E-state index >= 15 is 0 Å². The Labute approximate surface area is 106 Å². The lowest BCUT2D eigenvalue weighted by molar-refractivity contribution is 0.181. The van der Waals surface area contributed by atoms with Crippen molar-refractivity contribution in [1.82, 2.24) is 5.32 Å². The van der Waals surface area contributed by atoms with Gasteiger partial charge in [0.15, 0.2) is 0 Å². The summed E-state index contributed by atoms with van der Waals surface area (Å²) in [4.78, 5) is 0. The van der Waals surface area contributed by atoms with E-state index in [0.29, 0.717) is 16.1 Å². The smallest absolute Gasteiger partial charge is 0.133 e. The highest BCUT2D eigenvalue weighted by Gasteiger charge is 2.20. The maximum Gasteiger partial charge on any atom is 0.133 e. The number of halogens is 2. The molecule has 2 nitrogen and oxygen atoms in total. The summed E-state index contributed by atoms with van der Waals surface area (Å²) < 4.78 is 19.2. The maximum absolute atomic E-state index is 14.2. The van der Waals surface area contributed by atoms with Crippen LogP contribution in [0.15, 0.2) is 12.1 Å². The summed E-state index contributed by atoms with van der Waals surface area (Å²) in [5.74, 6) is -0.185. The molecule has 1 N–H and O–H groups in total. The van der Waals surface area contributed by atoms with Gasteiger partial charge in [0.2, 0.25) is 0 Å². The Kier molecular flexibility index (Phi) is 4.37. The van der Waals surface area contributed by atoms with Gasteiger partial charge in [0.25, 0.3) is 0 Å².